The third kappa shape index (κ3) is 1.89. The SMILES string of the molecule is C=C(NCC)c1cc2cccnc2nc1C. The average Bonchev–Trinajstić information content (AvgIpc) is 2.28. The highest BCUT2D eigenvalue weighted by Crippen LogP contribution is 2.18. The van der Waals surface area contributed by atoms with Gasteiger partial charge < -0.3 is 5.32 Å². The van der Waals surface area contributed by atoms with Crippen LogP contribution in [0.4, 0.5) is 0 Å². The van der Waals surface area contributed by atoms with Crippen LogP contribution in [-0.2, 0) is 0 Å². The fourth-order valence-corrected chi connectivity index (χ4v) is 1.71. The molecule has 0 saturated heterocycles. The molecule has 0 amide bonds. The van der Waals surface area contributed by atoms with Crippen LogP contribution in [0.5, 0.6) is 0 Å². The molecule has 1 N–H and O–H groups in total. The molecule has 0 atom stereocenters. The van der Waals surface area contributed by atoms with E-state index in [2.05, 4.69) is 34.9 Å². The summed E-state index contributed by atoms with van der Waals surface area (Å²) in [6.45, 7) is 8.91. The van der Waals surface area contributed by atoms with Gasteiger partial charge in [0.25, 0.3) is 0 Å². The highest BCUT2D eigenvalue weighted by molar-refractivity contribution is 5.80. The highest BCUT2D eigenvalue weighted by atomic mass is 14.9. The Morgan fingerprint density at radius 3 is 3.06 bits per heavy atom. The lowest BCUT2D eigenvalue weighted by molar-refractivity contribution is 0.938. The Morgan fingerprint density at radius 2 is 2.31 bits per heavy atom. The van der Waals surface area contributed by atoms with Gasteiger partial charge in [-0.2, -0.15) is 0 Å². The number of rotatable bonds is 3. The lowest BCUT2D eigenvalue weighted by atomic mass is 10.1. The number of hydrogen-bond donors (Lipinski definition) is 1. The van der Waals surface area contributed by atoms with Crippen molar-refractivity contribution in [3.63, 3.8) is 0 Å². The Labute approximate surface area is 95.2 Å². The summed E-state index contributed by atoms with van der Waals surface area (Å²) in [5.41, 5.74) is 3.71. The zero-order chi connectivity index (χ0) is 11.5. The minimum Gasteiger partial charge on any atom is -0.385 e. The Bertz CT molecular complexity index is 532. The van der Waals surface area contributed by atoms with Crippen molar-refractivity contribution in [1.82, 2.24) is 15.3 Å². The summed E-state index contributed by atoms with van der Waals surface area (Å²) in [5.74, 6) is 0. The van der Waals surface area contributed by atoms with Crippen LogP contribution in [-0.4, -0.2) is 16.5 Å². The molecule has 0 radical (unpaired) electrons. The molecule has 82 valence electrons. The second-order valence-electron chi connectivity index (χ2n) is 3.68. The van der Waals surface area contributed by atoms with Gasteiger partial charge in [-0.1, -0.05) is 6.58 Å². The summed E-state index contributed by atoms with van der Waals surface area (Å²) >= 11 is 0. The molecule has 0 bridgehead atoms. The smallest absolute Gasteiger partial charge is 0.159 e. The standard InChI is InChI=1S/C13H15N3/c1-4-14-9(2)12-8-11-6-5-7-15-13(11)16-10(12)3/h5-8,14H,2,4H2,1,3H3. The topological polar surface area (TPSA) is 37.8 Å². The Hall–Kier alpha value is -1.90. The first kappa shape index (κ1) is 10.6. The molecule has 0 aliphatic heterocycles. The molecular formula is C13H15N3. The Morgan fingerprint density at radius 1 is 1.50 bits per heavy atom. The van der Waals surface area contributed by atoms with Crippen LogP contribution in [0.25, 0.3) is 16.7 Å². The van der Waals surface area contributed by atoms with E-state index in [1.54, 1.807) is 6.20 Å². The number of nitrogens with one attached hydrogen (secondary N) is 1. The summed E-state index contributed by atoms with van der Waals surface area (Å²) in [6.07, 6.45) is 1.76. The van der Waals surface area contributed by atoms with Crippen LogP contribution < -0.4 is 5.32 Å². The maximum Gasteiger partial charge on any atom is 0.159 e. The normalized spacial score (nSPS) is 10.4. The first-order valence-electron chi connectivity index (χ1n) is 5.38. The molecule has 0 spiro atoms. The minimum atomic E-state index is 0.785. The molecular weight excluding hydrogens is 198 g/mol. The molecule has 16 heavy (non-hydrogen) atoms. The van der Waals surface area contributed by atoms with Gasteiger partial charge in [0.1, 0.15) is 0 Å². The lowest BCUT2D eigenvalue weighted by Crippen LogP contribution is -2.11. The third-order valence-electron chi connectivity index (χ3n) is 2.50. The predicted octanol–water partition coefficient (Wildman–Crippen LogP) is 2.52. The van der Waals surface area contributed by atoms with E-state index in [1.807, 2.05) is 19.1 Å². The molecule has 0 aromatic carbocycles. The molecule has 2 heterocycles. The second kappa shape index (κ2) is 4.31. The van der Waals surface area contributed by atoms with Crippen LogP contribution >= 0.6 is 0 Å². The second-order valence-corrected chi connectivity index (χ2v) is 3.68. The first-order chi connectivity index (χ1) is 7.72. The monoisotopic (exact) mass is 213 g/mol. The largest absolute Gasteiger partial charge is 0.385 e. The predicted molar refractivity (Wildman–Crippen MR) is 67.0 cm³/mol. The van der Waals surface area contributed by atoms with Gasteiger partial charge in [0, 0.05) is 35.1 Å². The van der Waals surface area contributed by atoms with E-state index in [-0.39, 0.29) is 0 Å². The third-order valence-corrected chi connectivity index (χ3v) is 2.50. The minimum absolute atomic E-state index is 0.785. The van der Waals surface area contributed by atoms with Gasteiger partial charge in [0.2, 0.25) is 0 Å². The van der Waals surface area contributed by atoms with Gasteiger partial charge in [-0.3, -0.25) is 0 Å². The fraction of sp³-hybridized carbons (Fsp3) is 0.231. The quantitative estimate of drug-likeness (QED) is 0.851. The van der Waals surface area contributed by atoms with Crippen molar-refractivity contribution in [3.05, 3.63) is 42.2 Å². The molecule has 0 fully saturated rings. The summed E-state index contributed by atoms with van der Waals surface area (Å²) in [7, 11) is 0. The molecule has 2 rings (SSSR count). The lowest BCUT2D eigenvalue weighted by Gasteiger charge is -2.10. The van der Waals surface area contributed by atoms with Crippen LogP contribution in [0.15, 0.2) is 31.0 Å². The molecule has 2 aromatic rings. The van der Waals surface area contributed by atoms with Crippen molar-refractivity contribution in [2.24, 2.45) is 0 Å². The summed E-state index contributed by atoms with van der Waals surface area (Å²) in [5, 5.41) is 4.26. The zero-order valence-corrected chi connectivity index (χ0v) is 9.62. The number of nitrogens with zero attached hydrogens (tertiary/aromatic N) is 2. The number of fused-ring (bicyclic) bond motifs is 1. The van der Waals surface area contributed by atoms with E-state index in [9.17, 15) is 0 Å². The molecule has 2 aromatic heterocycles. The maximum atomic E-state index is 4.47. The molecule has 0 unspecified atom stereocenters. The van der Waals surface area contributed by atoms with E-state index >= 15 is 0 Å². The first-order valence-corrected chi connectivity index (χ1v) is 5.38. The van der Waals surface area contributed by atoms with Crippen LogP contribution in [0.1, 0.15) is 18.2 Å². The number of pyridine rings is 2. The van der Waals surface area contributed by atoms with E-state index < -0.39 is 0 Å². The molecule has 0 aliphatic carbocycles. The molecule has 0 aliphatic rings. The highest BCUT2D eigenvalue weighted by Gasteiger charge is 2.06. The summed E-state index contributed by atoms with van der Waals surface area (Å²) in [4.78, 5) is 8.69. The summed E-state index contributed by atoms with van der Waals surface area (Å²) in [6, 6.07) is 6.01. The number of aryl methyl sites for hydroxylation is 1. The average molecular weight is 213 g/mol. The molecule has 3 heteroatoms. The Balaban J connectivity index is 2.54. The number of hydrogen-bond acceptors (Lipinski definition) is 3. The summed E-state index contributed by atoms with van der Waals surface area (Å²) < 4.78 is 0. The van der Waals surface area contributed by atoms with Crippen molar-refractivity contribution >= 4 is 16.7 Å². The van der Waals surface area contributed by atoms with E-state index in [1.165, 1.54) is 0 Å². The molecule has 3 nitrogen and oxygen atoms in total. The van der Waals surface area contributed by atoms with Gasteiger partial charge in [-0.25, -0.2) is 9.97 Å². The van der Waals surface area contributed by atoms with Crippen LogP contribution in [0, 0.1) is 6.92 Å². The van der Waals surface area contributed by atoms with Crippen molar-refractivity contribution < 1.29 is 0 Å². The fourth-order valence-electron chi connectivity index (χ4n) is 1.71. The molecule has 0 saturated carbocycles. The maximum absolute atomic E-state index is 4.47. The van der Waals surface area contributed by atoms with Gasteiger partial charge in [0.15, 0.2) is 5.65 Å². The van der Waals surface area contributed by atoms with E-state index in [0.717, 1.165) is 34.5 Å². The van der Waals surface area contributed by atoms with Gasteiger partial charge in [-0.05, 0) is 32.0 Å². The van der Waals surface area contributed by atoms with Gasteiger partial charge in [-0.15, -0.1) is 0 Å². The van der Waals surface area contributed by atoms with Gasteiger partial charge >= 0.3 is 0 Å². The van der Waals surface area contributed by atoms with Crippen molar-refractivity contribution in [3.8, 4) is 0 Å². The van der Waals surface area contributed by atoms with Crippen LogP contribution in [0.3, 0.4) is 0 Å². The van der Waals surface area contributed by atoms with E-state index in [4.69, 9.17) is 0 Å². The van der Waals surface area contributed by atoms with E-state index in [0.29, 0.717) is 0 Å². The zero-order valence-electron chi connectivity index (χ0n) is 9.62. The van der Waals surface area contributed by atoms with Crippen molar-refractivity contribution in [2.75, 3.05) is 6.54 Å². The van der Waals surface area contributed by atoms with Crippen molar-refractivity contribution in [1.29, 1.82) is 0 Å². The van der Waals surface area contributed by atoms with Crippen LogP contribution in [0.2, 0.25) is 0 Å². The number of aromatic nitrogens is 2. The van der Waals surface area contributed by atoms with Crippen molar-refractivity contribution in [2.45, 2.75) is 13.8 Å². The Kier molecular flexibility index (Phi) is 2.86. The van der Waals surface area contributed by atoms with Gasteiger partial charge in [0.05, 0.1) is 0 Å².